The summed E-state index contributed by atoms with van der Waals surface area (Å²) < 4.78 is 5.72. The van der Waals surface area contributed by atoms with E-state index < -0.39 is 11.8 Å². The molecule has 0 unspecified atom stereocenters. The van der Waals surface area contributed by atoms with Crippen molar-refractivity contribution in [2.45, 2.75) is 0 Å². The summed E-state index contributed by atoms with van der Waals surface area (Å²) in [4.78, 5) is 24.5. The van der Waals surface area contributed by atoms with Crippen molar-refractivity contribution in [2.24, 2.45) is 0 Å². The highest BCUT2D eigenvalue weighted by molar-refractivity contribution is 9.10. The van der Waals surface area contributed by atoms with E-state index in [9.17, 15) is 14.7 Å². The molecule has 26 heavy (non-hydrogen) atoms. The minimum Gasteiger partial charge on any atom is -0.507 e. The van der Waals surface area contributed by atoms with Crippen molar-refractivity contribution in [1.29, 1.82) is 0 Å². The highest BCUT2D eigenvalue weighted by atomic mass is 79.9. The molecule has 2 amide bonds. The summed E-state index contributed by atoms with van der Waals surface area (Å²) in [6.45, 7) is 0. The fraction of sp³-hybridized carbons (Fsp3) is 0.0526. The molecule has 0 heterocycles. The first kappa shape index (κ1) is 17.8. The zero-order chi connectivity index (χ0) is 18.7. The predicted molar refractivity (Wildman–Crippen MR) is 101 cm³/mol. The van der Waals surface area contributed by atoms with Crippen LogP contribution in [0.2, 0.25) is 0 Å². The van der Waals surface area contributed by atoms with Crippen molar-refractivity contribution < 1.29 is 19.4 Å². The molecule has 0 atom stereocenters. The van der Waals surface area contributed by atoms with Gasteiger partial charge in [-0.15, -0.1) is 0 Å². The molecule has 3 N–H and O–H groups in total. The molecule has 0 aliphatic heterocycles. The Labute approximate surface area is 157 Å². The van der Waals surface area contributed by atoms with Gasteiger partial charge in [-0.05, 0) is 57.0 Å². The van der Waals surface area contributed by atoms with Gasteiger partial charge in [0.05, 0.1) is 17.1 Å². The molecule has 0 spiro atoms. The molecule has 0 aromatic heterocycles. The summed E-state index contributed by atoms with van der Waals surface area (Å²) in [5, 5.41) is 11.7. The van der Waals surface area contributed by atoms with Gasteiger partial charge in [0.15, 0.2) is 0 Å². The molecule has 0 radical (unpaired) electrons. The lowest BCUT2D eigenvalue weighted by Gasteiger charge is -2.10. The second-order valence-electron chi connectivity index (χ2n) is 5.47. The van der Waals surface area contributed by atoms with Gasteiger partial charge in [0.25, 0.3) is 11.8 Å². The summed E-state index contributed by atoms with van der Waals surface area (Å²) in [7, 11) is 1.52. The van der Waals surface area contributed by atoms with Crippen LogP contribution in [0.25, 0.3) is 10.8 Å². The molecule has 7 heteroatoms. The van der Waals surface area contributed by atoms with Crippen molar-refractivity contribution in [3.05, 3.63) is 70.2 Å². The predicted octanol–water partition coefficient (Wildman–Crippen LogP) is 3.39. The zero-order valence-corrected chi connectivity index (χ0v) is 15.3. The number of aromatic hydroxyl groups is 1. The number of ether oxygens (including phenoxy) is 1. The number of rotatable bonds is 3. The lowest BCUT2D eigenvalue weighted by atomic mass is 10.1. The minimum absolute atomic E-state index is 0.0694. The summed E-state index contributed by atoms with van der Waals surface area (Å²) in [5.41, 5.74) is 5.04. The molecule has 0 aliphatic carbocycles. The second-order valence-corrected chi connectivity index (χ2v) is 6.33. The van der Waals surface area contributed by atoms with Gasteiger partial charge >= 0.3 is 0 Å². The fourth-order valence-corrected chi connectivity index (χ4v) is 3.01. The average Bonchev–Trinajstić information content (AvgIpc) is 2.65. The van der Waals surface area contributed by atoms with Crippen LogP contribution < -0.4 is 15.6 Å². The third-order valence-electron chi connectivity index (χ3n) is 3.81. The molecule has 0 bridgehead atoms. The van der Waals surface area contributed by atoms with Crippen LogP contribution in [0, 0.1) is 0 Å². The Kier molecular flexibility index (Phi) is 5.09. The van der Waals surface area contributed by atoms with E-state index >= 15 is 0 Å². The van der Waals surface area contributed by atoms with E-state index in [-0.39, 0.29) is 11.3 Å². The first-order chi connectivity index (χ1) is 12.5. The van der Waals surface area contributed by atoms with Crippen LogP contribution in [0.1, 0.15) is 20.7 Å². The van der Waals surface area contributed by atoms with Crippen LogP contribution >= 0.6 is 15.9 Å². The topological polar surface area (TPSA) is 87.7 Å². The fourth-order valence-electron chi connectivity index (χ4n) is 2.47. The lowest BCUT2D eigenvalue weighted by molar-refractivity contribution is 0.0845. The summed E-state index contributed by atoms with van der Waals surface area (Å²) >= 11 is 3.30. The molecule has 3 rings (SSSR count). The van der Waals surface area contributed by atoms with E-state index in [0.717, 1.165) is 10.8 Å². The van der Waals surface area contributed by atoms with E-state index in [1.807, 2.05) is 24.3 Å². The number of hydrogen-bond acceptors (Lipinski definition) is 4. The number of halogens is 1. The number of phenolic OH excluding ortho intramolecular Hbond substituents is 1. The third kappa shape index (κ3) is 3.62. The largest absolute Gasteiger partial charge is 0.507 e. The number of phenols is 1. The van der Waals surface area contributed by atoms with Gasteiger partial charge in [0.1, 0.15) is 11.5 Å². The van der Waals surface area contributed by atoms with Gasteiger partial charge in [-0.1, -0.05) is 24.3 Å². The molecule has 0 aliphatic rings. The Morgan fingerprint density at radius 1 is 0.962 bits per heavy atom. The monoisotopic (exact) mass is 414 g/mol. The van der Waals surface area contributed by atoms with Crippen molar-refractivity contribution in [1.82, 2.24) is 10.9 Å². The van der Waals surface area contributed by atoms with Crippen LogP contribution in [0.4, 0.5) is 0 Å². The summed E-state index contributed by atoms with van der Waals surface area (Å²) in [6, 6.07) is 15.2. The Bertz CT molecular complexity index is 1000. The van der Waals surface area contributed by atoms with Crippen LogP contribution in [-0.4, -0.2) is 24.0 Å². The van der Waals surface area contributed by atoms with Gasteiger partial charge in [0, 0.05) is 5.56 Å². The van der Waals surface area contributed by atoms with Gasteiger partial charge in [0.2, 0.25) is 0 Å². The molecule has 0 saturated carbocycles. The first-order valence-electron chi connectivity index (χ1n) is 7.65. The number of hydrazine groups is 1. The molecular weight excluding hydrogens is 400 g/mol. The van der Waals surface area contributed by atoms with Gasteiger partial charge < -0.3 is 9.84 Å². The maximum Gasteiger partial charge on any atom is 0.273 e. The van der Waals surface area contributed by atoms with Crippen LogP contribution in [0.5, 0.6) is 11.5 Å². The lowest BCUT2D eigenvalue weighted by Crippen LogP contribution is -2.41. The SMILES string of the molecule is COc1ccc(C(=O)NNC(=O)c2cc3ccccc3cc2O)cc1Br. The Balaban J connectivity index is 1.73. The van der Waals surface area contributed by atoms with E-state index in [1.165, 1.54) is 13.2 Å². The number of hydrogen-bond donors (Lipinski definition) is 3. The molecule has 132 valence electrons. The van der Waals surface area contributed by atoms with Crippen LogP contribution in [0.3, 0.4) is 0 Å². The van der Waals surface area contributed by atoms with Crippen molar-refractivity contribution in [2.75, 3.05) is 7.11 Å². The second kappa shape index (κ2) is 7.45. The quantitative estimate of drug-likeness (QED) is 0.573. The molecule has 3 aromatic rings. The normalized spacial score (nSPS) is 10.4. The Morgan fingerprint density at radius 2 is 1.62 bits per heavy atom. The van der Waals surface area contributed by atoms with E-state index in [2.05, 4.69) is 26.8 Å². The maximum atomic E-state index is 12.3. The maximum absolute atomic E-state index is 12.3. The van der Waals surface area contributed by atoms with Crippen molar-refractivity contribution in [3.8, 4) is 11.5 Å². The third-order valence-corrected chi connectivity index (χ3v) is 4.43. The first-order valence-corrected chi connectivity index (χ1v) is 8.45. The molecule has 0 saturated heterocycles. The number of benzene rings is 3. The molecule has 0 fully saturated rings. The molecule has 6 nitrogen and oxygen atoms in total. The number of carbonyl (C=O) groups excluding carboxylic acids is 2. The molecule has 3 aromatic carbocycles. The standard InChI is InChI=1S/C19H15BrN2O4/c1-26-17-7-6-13(9-15(17)20)18(24)21-22-19(25)14-8-11-4-2-3-5-12(11)10-16(14)23/h2-10,23H,1H3,(H,21,24)(H,22,25). The number of carbonyl (C=O) groups is 2. The van der Waals surface area contributed by atoms with Crippen molar-refractivity contribution >= 4 is 38.5 Å². The minimum atomic E-state index is -0.616. The smallest absolute Gasteiger partial charge is 0.273 e. The molecular formula is C19H15BrN2O4. The highest BCUT2D eigenvalue weighted by Crippen LogP contribution is 2.26. The van der Waals surface area contributed by atoms with Gasteiger partial charge in [-0.25, -0.2) is 0 Å². The summed E-state index contributed by atoms with van der Waals surface area (Å²) in [6.07, 6.45) is 0. The van der Waals surface area contributed by atoms with E-state index in [4.69, 9.17) is 4.74 Å². The van der Waals surface area contributed by atoms with Gasteiger partial charge in [-0.2, -0.15) is 0 Å². The number of amides is 2. The van der Waals surface area contributed by atoms with E-state index in [1.54, 1.807) is 24.3 Å². The number of fused-ring (bicyclic) bond motifs is 1. The number of nitrogens with one attached hydrogen (secondary N) is 2. The van der Waals surface area contributed by atoms with Crippen LogP contribution in [-0.2, 0) is 0 Å². The zero-order valence-electron chi connectivity index (χ0n) is 13.7. The van der Waals surface area contributed by atoms with E-state index in [0.29, 0.717) is 15.8 Å². The average molecular weight is 415 g/mol. The highest BCUT2D eigenvalue weighted by Gasteiger charge is 2.14. The van der Waals surface area contributed by atoms with Crippen LogP contribution in [0.15, 0.2) is 59.1 Å². The Morgan fingerprint density at radius 3 is 2.27 bits per heavy atom. The Hall–Kier alpha value is -3.06. The summed E-state index contributed by atoms with van der Waals surface area (Å²) in [5.74, 6) is -0.689. The van der Waals surface area contributed by atoms with Crippen molar-refractivity contribution in [3.63, 3.8) is 0 Å². The number of methoxy groups -OCH3 is 1. The van der Waals surface area contributed by atoms with Gasteiger partial charge in [-0.3, -0.25) is 20.4 Å².